The Labute approximate surface area is 83.8 Å². The van der Waals surface area contributed by atoms with Gasteiger partial charge in [-0.3, -0.25) is 4.98 Å². The SMILES string of the molecule is CC1CC1CNc1cnccc1C#N. The molecule has 1 aromatic rings. The highest BCUT2D eigenvalue weighted by Crippen LogP contribution is 2.37. The van der Waals surface area contributed by atoms with Crippen LogP contribution in [0, 0.1) is 23.2 Å². The number of nitrogens with zero attached hydrogens (tertiary/aromatic N) is 2. The summed E-state index contributed by atoms with van der Waals surface area (Å²) in [5.41, 5.74) is 1.53. The van der Waals surface area contributed by atoms with E-state index in [0.717, 1.165) is 24.1 Å². The molecule has 2 unspecified atom stereocenters. The highest BCUT2D eigenvalue weighted by molar-refractivity contribution is 5.55. The third-order valence-corrected chi connectivity index (χ3v) is 2.77. The van der Waals surface area contributed by atoms with Crippen molar-refractivity contribution in [1.82, 2.24) is 4.98 Å². The Kier molecular flexibility index (Phi) is 2.36. The van der Waals surface area contributed by atoms with Gasteiger partial charge < -0.3 is 5.32 Å². The van der Waals surface area contributed by atoms with E-state index in [0.29, 0.717) is 5.56 Å². The van der Waals surface area contributed by atoms with Gasteiger partial charge in [0.25, 0.3) is 0 Å². The van der Waals surface area contributed by atoms with Gasteiger partial charge in [0.2, 0.25) is 0 Å². The first kappa shape index (κ1) is 9.01. The van der Waals surface area contributed by atoms with Crippen molar-refractivity contribution in [1.29, 1.82) is 5.26 Å². The van der Waals surface area contributed by atoms with E-state index in [4.69, 9.17) is 5.26 Å². The topological polar surface area (TPSA) is 48.7 Å². The lowest BCUT2D eigenvalue weighted by atomic mass is 10.2. The van der Waals surface area contributed by atoms with Crippen LogP contribution in [0.15, 0.2) is 18.5 Å². The standard InChI is InChI=1S/C11H13N3/c1-8-4-10(8)6-14-11-7-13-3-2-9(11)5-12/h2-3,7-8,10,14H,4,6H2,1H3. The van der Waals surface area contributed by atoms with Gasteiger partial charge in [0.05, 0.1) is 17.4 Å². The van der Waals surface area contributed by atoms with Crippen LogP contribution in [-0.4, -0.2) is 11.5 Å². The van der Waals surface area contributed by atoms with E-state index in [2.05, 4.69) is 23.3 Å². The van der Waals surface area contributed by atoms with E-state index >= 15 is 0 Å². The molecule has 1 N–H and O–H groups in total. The third kappa shape index (κ3) is 1.85. The van der Waals surface area contributed by atoms with Crippen LogP contribution in [0.4, 0.5) is 5.69 Å². The fraction of sp³-hybridized carbons (Fsp3) is 0.455. The first-order valence-corrected chi connectivity index (χ1v) is 4.89. The van der Waals surface area contributed by atoms with Crippen molar-refractivity contribution in [2.45, 2.75) is 13.3 Å². The smallest absolute Gasteiger partial charge is 0.101 e. The number of nitriles is 1. The van der Waals surface area contributed by atoms with Gasteiger partial charge in [-0.1, -0.05) is 6.92 Å². The van der Waals surface area contributed by atoms with Gasteiger partial charge in [0.1, 0.15) is 6.07 Å². The molecule has 72 valence electrons. The molecular formula is C11H13N3. The summed E-state index contributed by atoms with van der Waals surface area (Å²) in [5.74, 6) is 1.62. The highest BCUT2D eigenvalue weighted by atomic mass is 14.9. The quantitative estimate of drug-likeness (QED) is 0.787. The van der Waals surface area contributed by atoms with Gasteiger partial charge in [0, 0.05) is 12.7 Å². The summed E-state index contributed by atoms with van der Waals surface area (Å²) in [6, 6.07) is 3.88. The molecule has 0 bridgehead atoms. The second-order valence-corrected chi connectivity index (χ2v) is 3.89. The summed E-state index contributed by atoms with van der Waals surface area (Å²) in [4.78, 5) is 4.00. The molecule has 1 aromatic heterocycles. The van der Waals surface area contributed by atoms with Crippen LogP contribution >= 0.6 is 0 Å². The Morgan fingerprint density at radius 3 is 3.14 bits per heavy atom. The van der Waals surface area contributed by atoms with Crippen molar-refractivity contribution in [3.05, 3.63) is 24.0 Å². The number of pyridine rings is 1. The zero-order chi connectivity index (χ0) is 9.97. The molecule has 0 radical (unpaired) electrons. The molecule has 2 rings (SSSR count). The monoisotopic (exact) mass is 187 g/mol. The maximum Gasteiger partial charge on any atom is 0.101 e. The lowest BCUT2D eigenvalue weighted by Gasteiger charge is -2.05. The molecule has 3 heteroatoms. The number of rotatable bonds is 3. The van der Waals surface area contributed by atoms with Gasteiger partial charge in [-0.2, -0.15) is 5.26 Å². The van der Waals surface area contributed by atoms with Crippen LogP contribution in [0.1, 0.15) is 18.9 Å². The van der Waals surface area contributed by atoms with E-state index < -0.39 is 0 Å². The van der Waals surface area contributed by atoms with Crippen molar-refractivity contribution in [2.24, 2.45) is 11.8 Å². The molecule has 1 fully saturated rings. The van der Waals surface area contributed by atoms with E-state index in [1.165, 1.54) is 6.42 Å². The second kappa shape index (κ2) is 3.67. The number of hydrogen-bond donors (Lipinski definition) is 1. The number of hydrogen-bond acceptors (Lipinski definition) is 3. The first-order valence-electron chi connectivity index (χ1n) is 4.89. The number of aromatic nitrogens is 1. The zero-order valence-electron chi connectivity index (χ0n) is 8.20. The van der Waals surface area contributed by atoms with Gasteiger partial charge in [0.15, 0.2) is 0 Å². The summed E-state index contributed by atoms with van der Waals surface area (Å²) in [6.07, 6.45) is 4.66. The fourth-order valence-corrected chi connectivity index (χ4v) is 1.56. The predicted octanol–water partition coefficient (Wildman–Crippen LogP) is 2.02. The second-order valence-electron chi connectivity index (χ2n) is 3.89. The molecule has 0 saturated heterocycles. The fourth-order valence-electron chi connectivity index (χ4n) is 1.56. The Hall–Kier alpha value is -1.56. The van der Waals surface area contributed by atoms with Gasteiger partial charge in [-0.15, -0.1) is 0 Å². The molecule has 3 nitrogen and oxygen atoms in total. The average Bonchev–Trinajstić information content (AvgIpc) is 2.92. The van der Waals surface area contributed by atoms with Crippen LogP contribution in [-0.2, 0) is 0 Å². The molecule has 1 saturated carbocycles. The van der Waals surface area contributed by atoms with Crippen molar-refractivity contribution < 1.29 is 0 Å². The molecule has 1 aliphatic carbocycles. The first-order chi connectivity index (χ1) is 6.81. The van der Waals surface area contributed by atoms with E-state index in [1.54, 1.807) is 18.5 Å². The zero-order valence-corrected chi connectivity index (χ0v) is 8.20. The minimum atomic E-state index is 0.674. The van der Waals surface area contributed by atoms with E-state index in [-0.39, 0.29) is 0 Å². The number of nitrogens with one attached hydrogen (secondary N) is 1. The summed E-state index contributed by atoms with van der Waals surface area (Å²) < 4.78 is 0. The van der Waals surface area contributed by atoms with Crippen molar-refractivity contribution in [3.63, 3.8) is 0 Å². The molecule has 0 spiro atoms. The van der Waals surface area contributed by atoms with Gasteiger partial charge >= 0.3 is 0 Å². The summed E-state index contributed by atoms with van der Waals surface area (Å²) in [6.45, 7) is 3.21. The minimum absolute atomic E-state index is 0.674. The highest BCUT2D eigenvalue weighted by Gasteiger charge is 2.31. The Bertz CT molecular complexity index is 367. The van der Waals surface area contributed by atoms with Crippen LogP contribution in [0.2, 0.25) is 0 Å². The normalized spacial score (nSPS) is 24.0. The summed E-state index contributed by atoms with van der Waals surface area (Å²) in [7, 11) is 0. The predicted molar refractivity (Wildman–Crippen MR) is 54.7 cm³/mol. The minimum Gasteiger partial charge on any atom is -0.382 e. The van der Waals surface area contributed by atoms with Crippen molar-refractivity contribution in [2.75, 3.05) is 11.9 Å². The molecule has 0 aliphatic heterocycles. The molecule has 1 aliphatic rings. The molecule has 1 heterocycles. The lowest BCUT2D eigenvalue weighted by molar-refractivity contribution is 0.786. The number of anilines is 1. The molecule has 14 heavy (non-hydrogen) atoms. The van der Waals surface area contributed by atoms with Gasteiger partial charge in [-0.25, -0.2) is 0 Å². The average molecular weight is 187 g/mol. The van der Waals surface area contributed by atoms with Crippen LogP contribution in [0.3, 0.4) is 0 Å². The maximum atomic E-state index is 8.83. The summed E-state index contributed by atoms with van der Waals surface area (Å²) >= 11 is 0. The van der Waals surface area contributed by atoms with Crippen LogP contribution in [0.5, 0.6) is 0 Å². The summed E-state index contributed by atoms with van der Waals surface area (Å²) in [5, 5.41) is 12.1. The van der Waals surface area contributed by atoms with E-state index in [9.17, 15) is 0 Å². The molecular weight excluding hydrogens is 174 g/mol. The Morgan fingerprint density at radius 1 is 1.71 bits per heavy atom. The Morgan fingerprint density at radius 2 is 2.50 bits per heavy atom. The maximum absolute atomic E-state index is 8.83. The van der Waals surface area contributed by atoms with Crippen LogP contribution in [0.25, 0.3) is 0 Å². The molecule has 0 amide bonds. The third-order valence-electron chi connectivity index (χ3n) is 2.77. The molecule has 0 aromatic carbocycles. The Balaban J connectivity index is 1.98. The van der Waals surface area contributed by atoms with E-state index in [1.807, 2.05) is 0 Å². The van der Waals surface area contributed by atoms with Crippen molar-refractivity contribution in [3.8, 4) is 6.07 Å². The van der Waals surface area contributed by atoms with Crippen LogP contribution < -0.4 is 5.32 Å². The van der Waals surface area contributed by atoms with Gasteiger partial charge in [-0.05, 0) is 24.3 Å². The van der Waals surface area contributed by atoms with Crippen molar-refractivity contribution >= 4 is 5.69 Å². The molecule has 2 atom stereocenters. The lowest BCUT2D eigenvalue weighted by Crippen LogP contribution is -2.06. The largest absolute Gasteiger partial charge is 0.382 e.